The minimum atomic E-state index is -0.624. The van der Waals surface area contributed by atoms with Crippen molar-refractivity contribution in [2.45, 2.75) is 12.5 Å². The standard InChI is InChI=1S/C12H13N5O/c1-16-4-2-9(15-16)6-12(18)10-7-14-17-5-3-13-8-11(10)17/h2-5,7-8,12,18H,6H2,1H3. The largest absolute Gasteiger partial charge is 0.388 e. The van der Waals surface area contributed by atoms with Crippen LogP contribution in [0.3, 0.4) is 0 Å². The molecule has 3 aromatic rings. The van der Waals surface area contributed by atoms with E-state index in [-0.39, 0.29) is 0 Å². The summed E-state index contributed by atoms with van der Waals surface area (Å²) < 4.78 is 3.42. The summed E-state index contributed by atoms with van der Waals surface area (Å²) in [5, 5.41) is 18.7. The van der Waals surface area contributed by atoms with Gasteiger partial charge in [-0.3, -0.25) is 9.67 Å². The molecule has 0 spiro atoms. The molecule has 0 saturated heterocycles. The lowest BCUT2D eigenvalue weighted by molar-refractivity contribution is 0.178. The van der Waals surface area contributed by atoms with Crippen LogP contribution >= 0.6 is 0 Å². The van der Waals surface area contributed by atoms with Crippen LogP contribution in [0.2, 0.25) is 0 Å². The number of aliphatic hydroxyl groups is 1. The minimum absolute atomic E-state index is 0.469. The van der Waals surface area contributed by atoms with Gasteiger partial charge in [0.15, 0.2) is 0 Å². The summed E-state index contributed by atoms with van der Waals surface area (Å²) in [6, 6.07) is 1.90. The fourth-order valence-corrected chi connectivity index (χ4v) is 1.99. The highest BCUT2D eigenvalue weighted by Crippen LogP contribution is 2.21. The lowest BCUT2D eigenvalue weighted by Gasteiger charge is -2.06. The number of fused-ring (bicyclic) bond motifs is 1. The van der Waals surface area contributed by atoms with E-state index in [4.69, 9.17) is 0 Å². The van der Waals surface area contributed by atoms with Crippen LogP contribution in [0.5, 0.6) is 0 Å². The molecule has 0 amide bonds. The van der Waals surface area contributed by atoms with Crippen molar-refractivity contribution in [3.8, 4) is 0 Å². The Kier molecular flexibility index (Phi) is 2.56. The summed E-state index contributed by atoms with van der Waals surface area (Å²) in [5.41, 5.74) is 2.45. The van der Waals surface area contributed by atoms with Crippen molar-refractivity contribution in [2.75, 3.05) is 0 Å². The summed E-state index contributed by atoms with van der Waals surface area (Å²) >= 11 is 0. The average molecular weight is 243 g/mol. The van der Waals surface area contributed by atoms with Gasteiger partial charge < -0.3 is 5.11 Å². The molecule has 0 aliphatic carbocycles. The van der Waals surface area contributed by atoms with Crippen molar-refractivity contribution in [1.82, 2.24) is 24.4 Å². The number of aliphatic hydroxyl groups excluding tert-OH is 1. The summed E-state index contributed by atoms with van der Waals surface area (Å²) in [4.78, 5) is 4.05. The number of rotatable bonds is 3. The first-order valence-electron chi connectivity index (χ1n) is 5.68. The molecule has 0 fully saturated rings. The Morgan fingerprint density at radius 2 is 2.22 bits per heavy atom. The fraction of sp³-hybridized carbons (Fsp3) is 0.250. The van der Waals surface area contributed by atoms with E-state index in [1.165, 1.54) is 0 Å². The van der Waals surface area contributed by atoms with Gasteiger partial charge in [0.1, 0.15) is 0 Å². The van der Waals surface area contributed by atoms with Gasteiger partial charge in [0.25, 0.3) is 0 Å². The Bertz CT molecular complexity index is 672. The zero-order valence-corrected chi connectivity index (χ0v) is 9.93. The molecule has 6 heteroatoms. The van der Waals surface area contributed by atoms with E-state index < -0.39 is 6.10 Å². The third-order valence-corrected chi connectivity index (χ3v) is 2.88. The van der Waals surface area contributed by atoms with Crippen LogP contribution in [0.1, 0.15) is 17.4 Å². The lowest BCUT2D eigenvalue weighted by atomic mass is 10.1. The van der Waals surface area contributed by atoms with Crippen molar-refractivity contribution in [3.63, 3.8) is 0 Å². The van der Waals surface area contributed by atoms with Crippen LogP contribution in [0.4, 0.5) is 0 Å². The molecule has 0 radical (unpaired) electrons. The molecule has 0 saturated carbocycles. The van der Waals surface area contributed by atoms with Crippen LogP contribution in [0.15, 0.2) is 37.1 Å². The molecule has 0 aromatic carbocycles. The molecule has 0 aliphatic heterocycles. The van der Waals surface area contributed by atoms with Gasteiger partial charge in [-0.25, -0.2) is 4.52 Å². The van der Waals surface area contributed by atoms with Crippen LogP contribution in [0.25, 0.3) is 5.52 Å². The van der Waals surface area contributed by atoms with E-state index in [1.807, 2.05) is 19.3 Å². The summed E-state index contributed by atoms with van der Waals surface area (Å²) in [7, 11) is 1.86. The topological polar surface area (TPSA) is 68.2 Å². The molecule has 18 heavy (non-hydrogen) atoms. The normalized spacial score (nSPS) is 13.0. The maximum atomic E-state index is 10.2. The van der Waals surface area contributed by atoms with Gasteiger partial charge in [0.05, 0.1) is 29.7 Å². The van der Waals surface area contributed by atoms with Crippen LogP contribution in [-0.2, 0) is 13.5 Å². The first kappa shape index (κ1) is 10.9. The molecule has 6 nitrogen and oxygen atoms in total. The summed E-state index contributed by atoms with van der Waals surface area (Å²) in [6.45, 7) is 0. The molecule has 0 bridgehead atoms. The van der Waals surface area contributed by atoms with Gasteiger partial charge in [0, 0.05) is 37.6 Å². The Hall–Kier alpha value is -2.21. The van der Waals surface area contributed by atoms with E-state index >= 15 is 0 Å². The highest BCUT2D eigenvalue weighted by molar-refractivity contribution is 5.52. The van der Waals surface area contributed by atoms with Gasteiger partial charge in [-0.05, 0) is 6.07 Å². The quantitative estimate of drug-likeness (QED) is 0.736. The SMILES string of the molecule is Cn1ccc(CC(O)c2cnn3ccncc23)n1. The molecule has 3 rings (SSSR count). The predicted molar refractivity (Wildman–Crippen MR) is 64.9 cm³/mol. The number of hydrogen-bond acceptors (Lipinski definition) is 4. The Labute approximate surface area is 104 Å². The lowest BCUT2D eigenvalue weighted by Crippen LogP contribution is -2.03. The van der Waals surface area contributed by atoms with Gasteiger partial charge >= 0.3 is 0 Å². The van der Waals surface area contributed by atoms with E-state index in [1.54, 1.807) is 34.0 Å². The van der Waals surface area contributed by atoms with Gasteiger partial charge in [0.2, 0.25) is 0 Å². The molecule has 0 aliphatic rings. The molecule has 3 heterocycles. The van der Waals surface area contributed by atoms with Crippen LogP contribution in [0, 0.1) is 0 Å². The average Bonchev–Trinajstić information content (AvgIpc) is 2.95. The smallest absolute Gasteiger partial charge is 0.0903 e. The third kappa shape index (κ3) is 1.86. The second-order valence-electron chi connectivity index (χ2n) is 4.21. The fourth-order valence-electron chi connectivity index (χ4n) is 1.99. The van der Waals surface area contributed by atoms with Gasteiger partial charge in [-0.1, -0.05) is 0 Å². The molecule has 92 valence electrons. The second-order valence-corrected chi connectivity index (χ2v) is 4.21. The van der Waals surface area contributed by atoms with E-state index in [2.05, 4.69) is 15.2 Å². The first-order chi connectivity index (χ1) is 8.74. The maximum absolute atomic E-state index is 10.2. The molecular weight excluding hydrogens is 230 g/mol. The number of aryl methyl sites for hydroxylation is 1. The number of aromatic nitrogens is 5. The van der Waals surface area contributed by atoms with E-state index in [0.717, 1.165) is 16.8 Å². The van der Waals surface area contributed by atoms with E-state index in [0.29, 0.717) is 6.42 Å². The predicted octanol–water partition coefficient (Wildman–Crippen LogP) is 0.739. The molecule has 1 N–H and O–H groups in total. The Morgan fingerprint density at radius 3 is 3.00 bits per heavy atom. The van der Waals surface area contributed by atoms with E-state index in [9.17, 15) is 5.11 Å². The highest BCUT2D eigenvalue weighted by Gasteiger charge is 2.15. The van der Waals surface area contributed by atoms with Crippen molar-refractivity contribution < 1.29 is 5.11 Å². The monoisotopic (exact) mass is 243 g/mol. The van der Waals surface area contributed by atoms with Gasteiger partial charge in [-0.2, -0.15) is 10.2 Å². The van der Waals surface area contributed by atoms with Crippen molar-refractivity contribution in [1.29, 1.82) is 0 Å². The minimum Gasteiger partial charge on any atom is -0.388 e. The zero-order valence-electron chi connectivity index (χ0n) is 9.93. The zero-order chi connectivity index (χ0) is 12.5. The highest BCUT2D eigenvalue weighted by atomic mass is 16.3. The Balaban J connectivity index is 1.90. The molecule has 3 aromatic heterocycles. The number of nitrogens with zero attached hydrogens (tertiary/aromatic N) is 5. The van der Waals surface area contributed by atoms with Crippen molar-refractivity contribution >= 4 is 5.52 Å². The van der Waals surface area contributed by atoms with Crippen molar-refractivity contribution in [3.05, 3.63) is 48.3 Å². The first-order valence-corrected chi connectivity index (χ1v) is 5.68. The summed E-state index contributed by atoms with van der Waals surface area (Å²) in [5.74, 6) is 0. The van der Waals surface area contributed by atoms with Crippen LogP contribution in [-0.4, -0.2) is 29.5 Å². The van der Waals surface area contributed by atoms with Crippen LogP contribution < -0.4 is 0 Å². The second kappa shape index (κ2) is 4.23. The molecular formula is C12H13N5O. The molecule has 1 unspecified atom stereocenters. The molecule has 1 atom stereocenters. The third-order valence-electron chi connectivity index (χ3n) is 2.88. The maximum Gasteiger partial charge on any atom is 0.0903 e. The number of hydrogen-bond donors (Lipinski definition) is 1. The summed E-state index contributed by atoms with van der Waals surface area (Å²) in [6.07, 6.45) is 8.49. The van der Waals surface area contributed by atoms with Crippen molar-refractivity contribution in [2.24, 2.45) is 7.05 Å². The van der Waals surface area contributed by atoms with Gasteiger partial charge in [-0.15, -0.1) is 0 Å². The Morgan fingerprint density at radius 1 is 1.33 bits per heavy atom.